The largest absolute Gasteiger partial charge is 0.0619 e. The molecule has 5 rings (SSSR count). The van der Waals surface area contributed by atoms with Crippen molar-refractivity contribution >= 4 is 11.6 Å². The second kappa shape index (κ2) is 3.73. The van der Waals surface area contributed by atoms with Crippen molar-refractivity contribution in [2.45, 2.75) is 25.2 Å². The fourth-order valence-electron chi connectivity index (χ4n) is 4.15. The van der Waals surface area contributed by atoms with E-state index >= 15 is 0 Å². The molecule has 0 amide bonds. The Hall–Kier alpha value is -2.08. The molecule has 20 heavy (non-hydrogen) atoms. The van der Waals surface area contributed by atoms with Crippen LogP contribution in [0.2, 0.25) is 0 Å². The van der Waals surface area contributed by atoms with Crippen LogP contribution in [0.1, 0.15) is 41.0 Å². The quantitative estimate of drug-likeness (QED) is 0.636. The molecule has 1 atom stereocenters. The highest BCUT2D eigenvalue weighted by Crippen LogP contribution is 2.52. The van der Waals surface area contributed by atoms with E-state index in [1.54, 1.807) is 16.7 Å². The Bertz CT molecular complexity index is 789. The van der Waals surface area contributed by atoms with E-state index in [0.717, 1.165) is 12.8 Å². The fourth-order valence-corrected chi connectivity index (χ4v) is 4.15. The van der Waals surface area contributed by atoms with Gasteiger partial charge in [-0.15, -0.1) is 0 Å². The van der Waals surface area contributed by atoms with E-state index in [-0.39, 0.29) is 0 Å². The van der Waals surface area contributed by atoms with Crippen LogP contribution in [0, 0.1) is 6.07 Å². The lowest BCUT2D eigenvalue weighted by Crippen LogP contribution is -2.07. The Balaban J connectivity index is 1.62. The Morgan fingerprint density at radius 3 is 2.95 bits per heavy atom. The smallest absolute Gasteiger partial charge is 0.00982 e. The lowest BCUT2D eigenvalue weighted by molar-refractivity contribution is 0.746. The van der Waals surface area contributed by atoms with Gasteiger partial charge in [-0.05, 0) is 53.2 Å². The zero-order chi connectivity index (χ0) is 13.1. The average molecular weight is 255 g/mol. The van der Waals surface area contributed by atoms with Crippen molar-refractivity contribution in [3.05, 3.63) is 81.9 Å². The predicted octanol–water partition coefficient (Wildman–Crippen LogP) is 4.77. The highest BCUT2D eigenvalue weighted by molar-refractivity contribution is 5.83. The summed E-state index contributed by atoms with van der Waals surface area (Å²) in [6, 6.07) is 18.8. The third kappa shape index (κ3) is 1.31. The molecule has 3 aliphatic carbocycles. The number of rotatable bonds is 0. The van der Waals surface area contributed by atoms with Crippen molar-refractivity contribution in [3.8, 4) is 0 Å². The maximum atomic E-state index is 3.46. The summed E-state index contributed by atoms with van der Waals surface area (Å²) in [5, 5.41) is 0. The average Bonchev–Trinajstić information content (AvgIpc) is 3.02. The molecule has 0 fully saturated rings. The van der Waals surface area contributed by atoms with Gasteiger partial charge < -0.3 is 0 Å². The van der Waals surface area contributed by atoms with Crippen LogP contribution in [0.25, 0.3) is 11.6 Å². The van der Waals surface area contributed by atoms with Gasteiger partial charge in [-0.3, -0.25) is 0 Å². The van der Waals surface area contributed by atoms with Gasteiger partial charge in [0.05, 0.1) is 0 Å². The number of hydrogen-bond donors (Lipinski definition) is 0. The van der Waals surface area contributed by atoms with Crippen LogP contribution in [0.3, 0.4) is 0 Å². The molecule has 2 aromatic carbocycles. The molecule has 3 aliphatic rings. The van der Waals surface area contributed by atoms with E-state index in [4.69, 9.17) is 0 Å². The minimum atomic E-state index is 0.638. The van der Waals surface area contributed by atoms with E-state index in [9.17, 15) is 0 Å². The molecule has 0 bridgehead atoms. The summed E-state index contributed by atoms with van der Waals surface area (Å²) in [5.41, 5.74) is 10.7. The van der Waals surface area contributed by atoms with Crippen LogP contribution in [0.4, 0.5) is 0 Å². The molecule has 0 heterocycles. The molecular weight excluding hydrogens is 240 g/mol. The molecule has 0 saturated carbocycles. The normalized spacial score (nSPS) is 22.0. The molecule has 0 nitrogen and oxygen atoms in total. The van der Waals surface area contributed by atoms with E-state index in [0.29, 0.717) is 5.92 Å². The second-order valence-corrected chi connectivity index (χ2v) is 6.11. The van der Waals surface area contributed by atoms with Crippen molar-refractivity contribution < 1.29 is 0 Å². The summed E-state index contributed by atoms with van der Waals surface area (Å²) < 4.78 is 0. The van der Waals surface area contributed by atoms with Gasteiger partial charge >= 0.3 is 0 Å². The Morgan fingerprint density at radius 1 is 1.00 bits per heavy atom. The molecule has 1 radical (unpaired) electrons. The highest BCUT2D eigenvalue weighted by atomic mass is 14.4. The van der Waals surface area contributed by atoms with Crippen LogP contribution in [0.15, 0.2) is 53.6 Å². The third-order valence-corrected chi connectivity index (χ3v) is 5.07. The summed E-state index contributed by atoms with van der Waals surface area (Å²) in [6.07, 6.45) is 5.90. The van der Waals surface area contributed by atoms with Gasteiger partial charge in [0, 0.05) is 5.92 Å². The minimum absolute atomic E-state index is 0.638. The van der Waals surface area contributed by atoms with Crippen LogP contribution in [-0.4, -0.2) is 0 Å². The van der Waals surface area contributed by atoms with Crippen LogP contribution in [0.5, 0.6) is 0 Å². The number of allylic oxidation sites excluding steroid dienone is 3. The highest BCUT2D eigenvalue weighted by Gasteiger charge is 2.34. The molecule has 0 aromatic heterocycles. The van der Waals surface area contributed by atoms with Crippen LogP contribution >= 0.6 is 0 Å². The van der Waals surface area contributed by atoms with Gasteiger partial charge in [-0.2, -0.15) is 0 Å². The number of fused-ring (bicyclic) bond motifs is 5. The lowest BCUT2D eigenvalue weighted by Gasteiger charge is -2.24. The second-order valence-electron chi connectivity index (χ2n) is 6.11. The van der Waals surface area contributed by atoms with Gasteiger partial charge in [0.25, 0.3) is 0 Å². The minimum Gasteiger partial charge on any atom is -0.0619 e. The third-order valence-electron chi connectivity index (χ3n) is 5.07. The Labute approximate surface area is 119 Å². The fraction of sp³-hybridized carbons (Fsp3) is 0.200. The van der Waals surface area contributed by atoms with Crippen molar-refractivity contribution in [2.24, 2.45) is 0 Å². The summed E-state index contributed by atoms with van der Waals surface area (Å²) in [4.78, 5) is 0. The maximum Gasteiger partial charge on any atom is 0.00982 e. The summed E-state index contributed by atoms with van der Waals surface area (Å²) in [5.74, 6) is 0.638. The Kier molecular flexibility index (Phi) is 1.99. The van der Waals surface area contributed by atoms with Crippen molar-refractivity contribution in [1.29, 1.82) is 0 Å². The molecule has 0 aliphatic heterocycles. The van der Waals surface area contributed by atoms with Crippen molar-refractivity contribution in [2.75, 3.05) is 0 Å². The zero-order valence-corrected chi connectivity index (χ0v) is 11.3. The van der Waals surface area contributed by atoms with Gasteiger partial charge in [-0.25, -0.2) is 0 Å². The summed E-state index contributed by atoms with van der Waals surface area (Å²) in [7, 11) is 0. The molecule has 1 unspecified atom stereocenters. The van der Waals surface area contributed by atoms with Crippen LogP contribution < -0.4 is 0 Å². The molecular formula is C20H15. The zero-order valence-electron chi connectivity index (χ0n) is 11.3. The van der Waals surface area contributed by atoms with E-state index in [2.05, 4.69) is 54.6 Å². The van der Waals surface area contributed by atoms with Crippen LogP contribution in [-0.2, 0) is 6.42 Å². The topological polar surface area (TPSA) is 0 Å². The molecule has 95 valence electrons. The standard InChI is InChI=1S/C20H15/c1-3-7-17-13(5-1)9-15-11-20-16(12-19(15)17)10-14-6-2-4-8-18(14)20/h1-7,9,19H,10-12H2. The number of hydrogen-bond acceptors (Lipinski definition) is 0. The molecule has 0 heteroatoms. The van der Waals surface area contributed by atoms with Gasteiger partial charge in [-0.1, -0.05) is 59.7 Å². The molecule has 0 N–H and O–H groups in total. The first-order chi connectivity index (χ1) is 9.90. The van der Waals surface area contributed by atoms with E-state index in [1.165, 1.54) is 28.7 Å². The monoisotopic (exact) mass is 255 g/mol. The van der Waals surface area contributed by atoms with E-state index in [1.807, 2.05) is 0 Å². The van der Waals surface area contributed by atoms with Gasteiger partial charge in [0.15, 0.2) is 0 Å². The predicted molar refractivity (Wildman–Crippen MR) is 82.3 cm³/mol. The maximum absolute atomic E-state index is 3.46. The van der Waals surface area contributed by atoms with Gasteiger partial charge in [0.1, 0.15) is 0 Å². The first kappa shape index (κ1) is 10.7. The number of benzene rings is 2. The first-order valence-corrected chi connectivity index (χ1v) is 7.40. The molecule has 0 spiro atoms. The van der Waals surface area contributed by atoms with E-state index < -0.39 is 0 Å². The Morgan fingerprint density at radius 2 is 1.95 bits per heavy atom. The van der Waals surface area contributed by atoms with Gasteiger partial charge in [0.2, 0.25) is 0 Å². The molecule has 0 saturated heterocycles. The first-order valence-electron chi connectivity index (χ1n) is 7.40. The summed E-state index contributed by atoms with van der Waals surface area (Å²) >= 11 is 0. The lowest BCUT2D eigenvalue weighted by atomic mass is 9.79. The van der Waals surface area contributed by atoms with Crippen molar-refractivity contribution in [3.63, 3.8) is 0 Å². The van der Waals surface area contributed by atoms with Crippen molar-refractivity contribution in [1.82, 2.24) is 0 Å². The summed E-state index contributed by atoms with van der Waals surface area (Å²) in [6.45, 7) is 0. The SMILES string of the molecule is [c]1cccc2c1C1=C(C2)CC2C(=Cc3ccccc32)C1. The molecule has 2 aromatic rings.